The Hall–Kier alpha value is 0.0300. The smallest absolute Gasteiger partial charge is 0.0140 e. The van der Waals surface area contributed by atoms with Crippen molar-refractivity contribution in [3.63, 3.8) is 0 Å². The summed E-state index contributed by atoms with van der Waals surface area (Å²) in [6, 6.07) is 0. The largest absolute Gasteiger partial charge is 0.0895 e. The lowest BCUT2D eigenvalue weighted by atomic mass is 9.80. The SMILES string of the molecule is C=C(Cl)[C@@H]1CCC[C@H](CC)C1. The maximum Gasteiger partial charge on any atom is 0.0140 e. The molecule has 0 aromatic carbocycles. The lowest BCUT2D eigenvalue weighted by Gasteiger charge is -2.27. The molecule has 1 aliphatic rings. The van der Waals surface area contributed by atoms with Crippen LogP contribution < -0.4 is 0 Å². The van der Waals surface area contributed by atoms with Gasteiger partial charge in [0, 0.05) is 5.03 Å². The minimum atomic E-state index is 0.607. The zero-order valence-electron chi connectivity index (χ0n) is 7.28. The number of hydrogen-bond acceptors (Lipinski definition) is 0. The van der Waals surface area contributed by atoms with Gasteiger partial charge in [-0.1, -0.05) is 44.4 Å². The van der Waals surface area contributed by atoms with Gasteiger partial charge in [-0.25, -0.2) is 0 Å². The molecule has 0 unspecified atom stereocenters. The van der Waals surface area contributed by atoms with Crippen LogP contribution in [0.4, 0.5) is 0 Å². The van der Waals surface area contributed by atoms with Crippen LogP contribution in [0, 0.1) is 11.8 Å². The van der Waals surface area contributed by atoms with E-state index in [1.54, 1.807) is 0 Å². The zero-order valence-corrected chi connectivity index (χ0v) is 8.03. The van der Waals surface area contributed by atoms with E-state index >= 15 is 0 Å². The van der Waals surface area contributed by atoms with Gasteiger partial charge in [-0.3, -0.25) is 0 Å². The van der Waals surface area contributed by atoms with Crippen molar-refractivity contribution >= 4 is 11.6 Å². The number of halogens is 1. The van der Waals surface area contributed by atoms with Gasteiger partial charge in [0.05, 0.1) is 0 Å². The third kappa shape index (κ3) is 2.52. The maximum absolute atomic E-state index is 5.88. The molecule has 0 nitrogen and oxygen atoms in total. The Balaban J connectivity index is 2.39. The predicted molar refractivity (Wildman–Crippen MR) is 50.7 cm³/mol. The van der Waals surface area contributed by atoms with Crippen LogP contribution >= 0.6 is 11.6 Å². The van der Waals surface area contributed by atoms with E-state index in [0.29, 0.717) is 5.92 Å². The maximum atomic E-state index is 5.88. The minimum Gasteiger partial charge on any atom is -0.0895 e. The number of rotatable bonds is 2. The monoisotopic (exact) mass is 172 g/mol. The van der Waals surface area contributed by atoms with E-state index in [1.165, 1.54) is 32.1 Å². The van der Waals surface area contributed by atoms with Gasteiger partial charge in [0.1, 0.15) is 0 Å². The molecule has 64 valence electrons. The van der Waals surface area contributed by atoms with E-state index in [4.69, 9.17) is 11.6 Å². The van der Waals surface area contributed by atoms with Crippen molar-refractivity contribution in [1.82, 2.24) is 0 Å². The number of allylic oxidation sites excluding steroid dienone is 1. The van der Waals surface area contributed by atoms with Crippen LogP contribution in [0.2, 0.25) is 0 Å². The summed E-state index contributed by atoms with van der Waals surface area (Å²) in [5.41, 5.74) is 0. The third-order valence-corrected chi connectivity index (χ3v) is 3.11. The van der Waals surface area contributed by atoms with Crippen molar-refractivity contribution < 1.29 is 0 Å². The topological polar surface area (TPSA) is 0 Å². The van der Waals surface area contributed by atoms with E-state index in [0.717, 1.165) is 11.0 Å². The van der Waals surface area contributed by atoms with Gasteiger partial charge >= 0.3 is 0 Å². The summed E-state index contributed by atoms with van der Waals surface area (Å²) in [5.74, 6) is 1.51. The van der Waals surface area contributed by atoms with Crippen LogP contribution in [0.15, 0.2) is 11.6 Å². The van der Waals surface area contributed by atoms with Gasteiger partial charge < -0.3 is 0 Å². The molecule has 0 amide bonds. The Labute approximate surface area is 74.6 Å². The first-order valence-electron chi connectivity index (χ1n) is 4.58. The molecule has 1 fully saturated rings. The van der Waals surface area contributed by atoms with E-state index < -0.39 is 0 Å². The van der Waals surface area contributed by atoms with Crippen LogP contribution in [0.3, 0.4) is 0 Å². The van der Waals surface area contributed by atoms with Gasteiger partial charge in [-0.2, -0.15) is 0 Å². The fourth-order valence-corrected chi connectivity index (χ4v) is 2.14. The first-order chi connectivity index (χ1) is 5.24. The summed E-state index contributed by atoms with van der Waals surface area (Å²) in [5, 5.41) is 0.878. The minimum absolute atomic E-state index is 0.607. The molecule has 1 rings (SSSR count). The van der Waals surface area contributed by atoms with Crippen molar-refractivity contribution in [3.05, 3.63) is 11.6 Å². The second kappa shape index (κ2) is 4.15. The Bertz CT molecular complexity index is 140. The number of hydrogen-bond donors (Lipinski definition) is 0. The highest BCUT2D eigenvalue weighted by Gasteiger charge is 2.21. The molecular formula is C10H17Cl. The molecule has 0 N–H and O–H groups in total. The van der Waals surface area contributed by atoms with Crippen LogP contribution in [0.1, 0.15) is 39.0 Å². The van der Waals surface area contributed by atoms with Gasteiger partial charge in [-0.05, 0) is 24.7 Å². The summed E-state index contributed by atoms with van der Waals surface area (Å²) in [6.45, 7) is 6.08. The Morgan fingerprint density at radius 2 is 2.27 bits per heavy atom. The van der Waals surface area contributed by atoms with Crippen molar-refractivity contribution in [3.8, 4) is 0 Å². The highest BCUT2D eigenvalue weighted by molar-refractivity contribution is 6.29. The van der Waals surface area contributed by atoms with E-state index in [-0.39, 0.29) is 0 Å². The van der Waals surface area contributed by atoms with Crippen molar-refractivity contribution in [2.24, 2.45) is 11.8 Å². The summed E-state index contributed by atoms with van der Waals surface area (Å²) >= 11 is 5.88. The quantitative estimate of drug-likeness (QED) is 0.592. The fraction of sp³-hybridized carbons (Fsp3) is 0.800. The van der Waals surface area contributed by atoms with E-state index in [1.807, 2.05) is 0 Å². The van der Waals surface area contributed by atoms with Gasteiger partial charge in [0.15, 0.2) is 0 Å². The molecule has 0 aromatic rings. The van der Waals surface area contributed by atoms with E-state index in [9.17, 15) is 0 Å². The molecule has 0 aromatic heterocycles. The first-order valence-corrected chi connectivity index (χ1v) is 4.96. The third-order valence-electron chi connectivity index (χ3n) is 2.80. The molecule has 0 heterocycles. The van der Waals surface area contributed by atoms with Gasteiger partial charge in [-0.15, -0.1) is 0 Å². The predicted octanol–water partition coefficient (Wildman–Crippen LogP) is 3.96. The molecular weight excluding hydrogens is 156 g/mol. The fourth-order valence-electron chi connectivity index (χ4n) is 1.95. The molecule has 11 heavy (non-hydrogen) atoms. The van der Waals surface area contributed by atoms with Gasteiger partial charge in [0.2, 0.25) is 0 Å². The van der Waals surface area contributed by atoms with Crippen LogP contribution in [0.25, 0.3) is 0 Å². The van der Waals surface area contributed by atoms with Crippen LogP contribution in [-0.4, -0.2) is 0 Å². The Morgan fingerprint density at radius 1 is 1.55 bits per heavy atom. The highest BCUT2D eigenvalue weighted by Crippen LogP contribution is 2.35. The van der Waals surface area contributed by atoms with Crippen LogP contribution in [0.5, 0.6) is 0 Å². The molecule has 1 saturated carbocycles. The lowest BCUT2D eigenvalue weighted by Crippen LogP contribution is -2.14. The standard InChI is InChI=1S/C10H17Cl/c1-3-9-5-4-6-10(7-9)8(2)11/h9-10H,2-7H2,1H3/t9-,10+/m0/s1. The second-order valence-corrected chi connectivity index (χ2v) is 4.07. The Morgan fingerprint density at radius 3 is 2.82 bits per heavy atom. The summed E-state index contributed by atoms with van der Waals surface area (Å²) in [7, 11) is 0. The molecule has 1 aliphatic carbocycles. The normalized spacial score (nSPS) is 31.8. The van der Waals surface area contributed by atoms with Crippen LogP contribution in [-0.2, 0) is 0 Å². The van der Waals surface area contributed by atoms with E-state index in [2.05, 4.69) is 13.5 Å². The average Bonchev–Trinajstić information content (AvgIpc) is 2.05. The van der Waals surface area contributed by atoms with Crippen molar-refractivity contribution in [2.45, 2.75) is 39.0 Å². The molecule has 0 aliphatic heterocycles. The zero-order chi connectivity index (χ0) is 8.27. The van der Waals surface area contributed by atoms with Crippen molar-refractivity contribution in [2.75, 3.05) is 0 Å². The molecule has 0 bridgehead atoms. The first kappa shape index (κ1) is 9.12. The lowest BCUT2D eigenvalue weighted by molar-refractivity contribution is 0.295. The highest BCUT2D eigenvalue weighted by atomic mass is 35.5. The molecule has 0 saturated heterocycles. The Kier molecular flexibility index (Phi) is 3.45. The summed E-state index contributed by atoms with van der Waals surface area (Å²) < 4.78 is 0. The molecule has 0 radical (unpaired) electrons. The molecule has 1 heteroatoms. The van der Waals surface area contributed by atoms with Gasteiger partial charge in [0.25, 0.3) is 0 Å². The summed E-state index contributed by atoms with van der Waals surface area (Å²) in [6.07, 6.45) is 6.59. The molecule has 0 spiro atoms. The second-order valence-electron chi connectivity index (χ2n) is 3.58. The molecule has 2 atom stereocenters. The van der Waals surface area contributed by atoms with Crippen molar-refractivity contribution in [1.29, 1.82) is 0 Å². The average molecular weight is 173 g/mol. The summed E-state index contributed by atoms with van der Waals surface area (Å²) in [4.78, 5) is 0.